The summed E-state index contributed by atoms with van der Waals surface area (Å²) in [4.78, 5) is 27.6. The van der Waals surface area contributed by atoms with Gasteiger partial charge in [-0.25, -0.2) is 4.79 Å². The van der Waals surface area contributed by atoms with Crippen molar-refractivity contribution < 1.29 is 32.6 Å². The van der Waals surface area contributed by atoms with E-state index in [2.05, 4.69) is 9.97 Å². The lowest BCUT2D eigenvalue weighted by Gasteiger charge is -2.06. The van der Waals surface area contributed by atoms with Gasteiger partial charge in [-0.05, 0) is 18.2 Å². The van der Waals surface area contributed by atoms with Crippen LogP contribution in [0.15, 0.2) is 36.8 Å². The van der Waals surface area contributed by atoms with Gasteiger partial charge in [0.1, 0.15) is 18.4 Å². The van der Waals surface area contributed by atoms with Gasteiger partial charge in [-0.15, -0.1) is 0 Å². The number of nitriles is 1. The van der Waals surface area contributed by atoms with Gasteiger partial charge in [0.2, 0.25) is 0 Å². The molecule has 0 fully saturated rings. The first-order chi connectivity index (χ1) is 11.8. The topological polar surface area (TPSA) is 113 Å². The molecule has 25 heavy (non-hydrogen) atoms. The molecule has 0 unspecified atom stereocenters. The number of carbonyl (C=O) groups excluding carboxylic acids is 1. The summed E-state index contributed by atoms with van der Waals surface area (Å²) in [5.41, 5.74) is 1.61. The molecule has 0 radical (unpaired) electrons. The zero-order chi connectivity index (χ0) is 18.9. The van der Waals surface area contributed by atoms with Gasteiger partial charge >= 0.3 is 12.1 Å². The first-order valence-electron chi connectivity index (χ1n) is 6.45. The molecule has 0 spiro atoms. The minimum absolute atomic E-state index is 0.220. The molecule has 1 N–H and O–H groups in total. The Morgan fingerprint density at radius 2 is 2.00 bits per heavy atom. The van der Waals surface area contributed by atoms with E-state index < -0.39 is 12.1 Å². The van der Waals surface area contributed by atoms with E-state index in [9.17, 15) is 18.0 Å². The number of alkyl halides is 3. The molecule has 0 amide bonds. The molecule has 2 heterocycles. The molecule has 0 saturated heterocycles. The van der Waals surface area contributed by atoms with E-state index >= 15 is 0 Å². The van der Waals surface area contributed by atoms with Gasteiger partial charge in [0.05, 0.1) is 23.0 Å². The fraction of sp³-hybridized carbons (Fsp3) is 0.133. The van der Waals surface area contributed by atoms with E-state index in [1.54, 1.807) is 18.2 Å². The van der Waals surface area contributed by atoms with Crippen LogP contribution in [0.3, 0.4) is 0 Å². The van der Waals surface area contributed by atoms with Gasteiger partial charge in [-0.2, -0.15) is 18.4 Å². The number of hydrogen-bond donors (Lipinski definition) is 1. The summed E-state index contributed by atoms with van der Waals surface area (Å²) in [6.07, 6.45) is 0.107. The van der Waals surface area contributed by atoms with Gasteiger partial charge in [0, 0.05) is 12.4 Å². The van der Waals surface area contributed by atoms with E-state index in [0.717, 1.165) is 0 Å². The highest BCUT2D eigenvalue weighted by molar-refractivity contribution is 5.78. The zero-order valence-electron chi connectivity index (χ0n) is 12.4. The predicted molar refractivity (Wildman–Crippen MR) is 76.6 cm³/mol. The standard InChI is InChI=1S/C13H9N3O2.C2HF3O2/c14-5-10-1-2-12(16-6-10)9-18-13-7-15-4-3-11(13)8-17;3-2(4,5)1(6)7/h1-4,6-8H,9H2;(H,6,7). The Morgan fingerprint density at radius 3 is 2.48 bits per heavy atom. The maximum atomic E-state index is 10.8. The Hall–Kier alpha value is -3.48. The number of ether oxygens (including phenoxy) is 1. The number of aliphatic carboxylic acids is 1. The molecule has 0 aliphatic heterocycles. The van der Waals surface area contributed by atoms with Gasteiger partial charge in [-0.1, -0.05) is 0 Å². The summed E-state index contributed by atoms with van der Waals surface area (Å²) in [5, 5.41) is 15.8. The molecule has 0 bridgehead atoms. The van der Waals surface area contributed by atoms with Crippen LogP contribution in [-0.4, -0.2) is 33.5 Å². The highest BCUT2D eigenvalue weighted by atomic mass is 19.4. The molecule has 7 nitrogen and oxygen atoms in total. The van der Waals surface area contributed by atoms with Crippen molar-refractivity contribution in [3.8, 4) is 11.8 Å². The van der Waals surface area contributed by atoms with Gasteiger partial charge in [0.25, 0.3) is 0 Å². The number of pyridine rings is 2. The Labute approximate surface area is 139 Å². The number of aldehydes is 1. The van der Waals surface area contributed by atoms with Crippen LogP contribution >= 0.6 is 0 Å². The van der Waals surface area contributed by atoms with E-state index in [1.807, 2.05) is 6.07 Å². The van der Waals surface area contributed by atoms with Crippen molar-refractivity contribution >= 4 is 12.3 Å². The van der Waals surface area contributed by atoms with E-state index in [4.69, 9.17) is 19.9 Å². The van der Waals surface area contributed by atoms with Crippen LogP contribution in [-0.2, 0) is 11.4 Å². The fourth-order valence-corrected chi connectivity index (χ4v) is 1.34. The number of carboxylic acid groups (broad SMARTS) is 1. The summed E-state index contributed by atoms with van der Waals surface area (Å²) in [5.74, 6) is -2.34. The summed E-state index contributed by atoms with van der Waals surface area (Å²) >= 11 is 0. The van der Waals surface area contributed by atoms with Crippen LogP contribution in [0.25, 0.3) is 0 Å². The SMILES string of the molecule is N#Cc1ccc(COc2cnccc2C=O)nc1.O=C(O)C(F)(F)F. The molecule has 10 heteroatoms. The number of rotatable bonds is 4. The maximum absolute atomic E-state index is 10.8. The molecular formula is C15H10F3N3O4. The van der Waals surface area contributed by atoms with Crippen molar-refractivity contribution in [2.45, 2.75) is 12.8 Å². The van der Waals surface area contributed by atoms with Gasteiger partial charge in [0.15, 0.2) is 6.29 Å². The number of carbonyl (C=O) groups is 2. The maximum Gasteiger partial charge on any atom is 0.490 e. The first-order valence-corrected chi connectivity index (χ1v) is 6.45. The lowest BCUT2D eigenvalue weighted by molar-refractivity contribution is -0.192. The Balaban J connectivity index is 0.000000381. The van der Waals surface area contributed by atoms with E-state index in [0.29, 0.717) is 28.9 Å². The highest BCUT2D eigenvalue weighted by Crippen LogP contribution is 2.15. The van der Waals surface area contributed by atoms with Crippen molar-refractivity contribution in [2.75, 3.05) is 0 Å². The average molecular weight is 353 g/mol. The number of hydrogen-bond acceptors (Lipinski definition) is 6. The summed E-state index contributed by atoms with van der Waals surface area (Å²) in [6.45, 7) is 0.220. The van der Waals surface area contributed by atoms with Crippen LogP contribution in [0.2, 0.25) is 0 Å². The lowest BCUT2D eigenvalue weighted by Crippen LogP contribution is -2.21. The minimum atomic E-state index is -5.08. The number of halogens is 3. The number of carboxylic acids is 1. The van der Waals surface area contributed by atoms with Crippen LogP contribution in [0.4, 0.5) is 13.2 Å². The van der Waals surface area contributed by atoms with Gasteiger partial charge < -0.3 is 9.84 Å². The number of nitrogens with zero attached hydrogens (tertiary/aromatic N) is 3. The summed E-state index contributed by atoms with van der Waals surface area (Å²) < 4.78 is 37.2. The molecule has 0 aliphatic rings. The quantitative estimate of drug-likeness (QED) is 0.840. The third kappa shape index (κ3) is 6.66. The van der Waals surface area contributed by atoms with Crippen LogP contribution < -0.4 is 4.74 Å². The molecule has 0 aliphatic carbocycles. The van der Waals surface area contributed by atoms with Crippen molar-refractivity contribution in [2.24, 2.45) is 0 Å². The second-order valence-electron chi connectivity index (χ2n) is 4.27. The third-order valence-electron chi connectivity index (χ3n) is 2.52. The average Bonchev–Trinajstić information content (AvgIpc) is 2.60. The molecule has 0 aromatic carbocycles. The van der Waals surface area contributed by atoms with Crippen molar-refractivity contribution in [3.05, 3.63) is 53.6 Å². The first kappa shape index (κ1) is 19.6. The monoisotopic (exact) mass is 353 g/mol. The van der Waals surface area contributed by atoms with Crippen molar-refractivity contribution in [1.29, 1.82) is 5.26 Å². The Kier molecular flexibility index (Phi) is 7.02. The van der Waals surface area contributed by atoms with Gasteiger partial charge in [-0.3, -0.25) is 14.8 Å². The molecule has 2 rings (SSSR count). The smallest absolute Gasteiger partial charge is 0.485 e. The van der Waals surface area contributed by atoms with E-state index in [-0.39, 0.29) is 6.61 Å². The van der Waals surface area contributed by atoms with E-state index in [1.165, 1.54) is 18.6 Å². The van der Waals surface area contributed by atoms with Crippen molar-refractivity contribution in [1.82, 2.24) is 9.97 Å². The highest BCUT2D eigenvalue weighted by Gasteiger charge is 2.38. The largest absolute Gasteiger partial charge is 0.490 e. The summed E-state index contributed by atoms with van der Waals surface area (Å²) in [6, 6.07) is 6.93. The minimum Gasteiger partial charge on any atom is -0.485 e. The molecule has 130 valence electrons. The third-order valence-corrected chi connectivity index (χ3v) is 2.52. The zero-order valence-corrected chi connectivity index (χ0v) is 12.4. The molecule has 0 saturated carbocycles. The molecule has 2 aromatic rings. The second kappa shape index (κ2) is 8.97. The fourth-order valence-electron chi connectivity index (χ4n) is 1.34. The lowest BCUT2D eigenvalue weighted by atomic mass is 10.2. The Bertz CT molecular complexity index is 771. The predicted octanol–water partition coefficient (Wildman–Crippen LogP) is 2.37. The molecular weight excluding hydrogens is 343 g/mol. The van der Waals surface area contributed by atoms with Crippen LogP contribution in [0.1, 0.15) is 21.6 Å². The molecule has 0 atom stereocenters. The molecule has 2 aromatic heterocycles. The van der Waals surface area contributed by atoms with Crippen molar-refractivity contribution in [3.63, 3.8) is 0 Å². The summed E-state index contributed by atoms with van der Waals surface area (Å²) in [7, 11) is 0. The number of aromatic nitrogens is 2. The second-order valence-corrected chi connectivity index (χ2v) is 4.27. The Morgan fingerprint density at radius 1 is 1.32 bits per heavy atom. The normalized spacial score (nSPS) is 10.0. The van der Waals surface area contributed by atoms with Crippen LogP contribution in [0.5, 0.6) is 5.75 Å². The van der Waals surface area contributed by atoms with Crippen LogP contribution in [0, 0.1) is 11.3 Å².